The first-order chi connectivity index (χ1) is 14.3. The molecule has 148 valence electrons. The quantitative estimate of drug-likeness (QED) is 0.623. The van der Waals surface area contributed by atoms with Gasteiger partial charge in [0.25, 0.3) is 0 Å². The van der Waals surface area contributed by atoms with Gasteiger partial charge < -0.3 is 10.1 Å². The summed E-state index contributed by atoms with van der Waals surface area (Å²) in [7, 11) is 0. The minimum atomic E-state index is 0.0341. The maximum atomic E-state index is 12.9. The molecule has 0 spiro atoms. The molecular weight excluding hydrogens is 360 g/mol. The third-order valence-corrected chi connectivity index (χ3v) is 5.32. The average molecular weight is 386 g/mol. The van der Waals surface area contributed by atoms with Crippen LogP contribution < -0.4 is 10.1 Å². The van der Waals surface area contributed by atoms with Gasteiger partial charge >= 0.3 is 0 Å². The molecular formula is C25H26N2O2. The van der Waals surface area contributed by atoms with E-state index in [4.69, 9.17) is 4.74 Å². The van der Waals surface area contributed by atoms with Crippen molar-refractivity contribution in [2.45, 2.75) is 19.4 Å². The third-order valence-electron chi connectivity index (χ3n) is 5.32. The molecule has 1 aliphatic heterocycles. The van der Waals surface area contributed by atoms with E-state index >= 15 is 0 Å². The number of hydrogen-bond acceptors (Lipinski definition) is 3. The maximum Gasteiger partial charge on any atom is 0.227 e. The molecule has 3 aromatic rings. The van der Waals surface area contributed by atoms with E-state index in [0.717, 1.165) is 38.2 Å². The maximum absolute atomic E-state index is 12.9. The van der Waals surface area contributed by atoms with Crippen LogP contribution in [0, 0.1) is 5.92 Å². The molecule has 1 saturated heterocycles. The van der Waals surface area contributed by atoms with Gasteiger partial charge in [-0.2, -0.15) is 0 Å². The lowest BCUT2D eigenvalue weighted by molar-refractivity contribution is -0.121. The van der Waals surface area contributed by atoms with Crippen LogP contribution in [0.1, 0.15) is 18.4 Å². The molecule has 1 aliphatic rings. The van der Waals surface area contributed by atoms with Crippen molar-refractivity contribution in [1.29, 1.82) is 0 Å². The van der Waals surface area contributed by atoms with Crippen molar-refractivity contribution in [1.82, 2.24) is 4.90 Å². The van der Waals surface area contributed by atoms with E-state index in [0.29, 0.717) is 11.4 Å². The Hall–Kier alpha value is -3.11. The number of likely N-dealkylation sites (tertiary alicyclic amines) is 1. The first-order valence-electron chi connectivity index (χ1n) is 10.2. The van der Waals surface area contributed by atoms with Crippen LogP contribution in [0.4, 0.5) is 5.69 Å². The van der Waals surface area contributed by atoms with Gasteiger partial charge in [0.2, 0.25) is 5.91 Å². The average Bonchev–Trinajstić information content (AvgIpc) is 2.77. The molecule has 29 heavy (non-hydrogen) atoms. The van der Waals surface area contributed by atoms with Gasteiger partial charge in [-0.15, -0.1) is 0 Å². The van der Waals surface area contributed by atoms with Gasteiger partial charge in [0.1, 0.15) is 5.75 Å². The number of nitrogens with zero attached hydrogens (tertiary/aromatic N) is 1. The Morgan fingerprint density at radius 3 is 2.21 bits per heavy atom. The van der Waals surface area contributed by atoms with Crippen molar-refractivity contribution >= 4 is 11.6 Å². The van der Waals surface area contributed by atoms with Crippen molar-refractivity contribution in [2.24, 2.45) is 5.92 Å². The van der Waals surface area contributed by atoms with E-state index in [1.165, 1.54) is 5.56 Å². The molecule has 1 heterocycles. The molecule has 0 aliphatic carbocycles. The molecule has 0 saturated carbocycles. The Labute approximate surface area is 172 Å². The van der Waals surface area contributed by atoms with E-state index in [1.54, 1.807) is 0 Å². The van der Waals surface area contributed by atoms with Gasteiger partial charge in [-0.05, 0) is 55.8 Å². The minimum Gasteiger partial charge on any atom is -0.455 e. The van der Waals surface area contributed by atoms with Gasteiger partial charge in [-0.3, -0.25) is 9.69 Å². The predicted octanol–water partition coefficient (Wildman–Crippen LogP) is 5.33. The summed E-state index contributed by atoms with van der Waals surface area (Å²) in [6, 6.07) is 27.7. The van der Waals surface area contributed by atoms with Gasteiger partial charge in [0.15, 0.2) is 5.75 Å². The Bertz CT molecular complexity index is 920. The van der Waals surface area contributed by atoms with E-state index in [-0.39, 0.29) is 11.8 Å². The number of nitrogens with one attached hydrogen (secondary N) is 1. The second-order valence-corrected chi connectivity index (χ2v) is 7.44. The molecule has 1 amide bonds. The molecule has 0 aromatic heterocycles. The fourth-order valence-corrected chi connectivity index (χ4v) is 3.70. The first-order valence-corrected chi connectivity index (χ1v) is 10.2. The number of piperidine rings is 1. The molecule has 3 aromatic carbocycles. The zero-order valence-electron chi connectivity index (χ0n) is 16.5. The van der Waals surface area contributed by atoms with Crippen LogP contribution in [-0.4, -0.2) is 23.9 Å². The minimum absolute atomic E-state index is 0.0341. The normalized spacial score (nSPS) is 15.0. The van der Waals surface area contributed by atoms with Crippen LogP contribution in [0.5, 0.6) is 11.5 Å². The van der Waals surface area contributed by atoms with Crippen LogP contribution in [0.25, 0.3) is 0 Å². The van der Waals surface area contributed by atoms with Gasteiger partial charge in [-0.25, -0.2) is 0 Å². The van der Waals surface area contributed by atoms with Crippen molar-refractivity contribution in [2.75, 3.05) is 18.4 Å². The lowest BCUT2D eigenvalue weighted by atomic mass is 9.95. The fraction of sp³-hybridized carbons (Fsp3) is 0.240. The molecule has 0 atom stereocenters. The Balaban J connectivity index is 1.33. The number of hydrogen-bond donors (Lipinski definition) is 1. The topological polar surface area (TPSA) is 41.6 Å². The third kappa shape index (κ3) is 5.24. The number of rotatable bonds is 6. The second kappa shape index (κ2) is 9.39. The second-order valence-electron chi connectivity index (χ2n) is 7.44. The van der Waals surface area contributed by atoms with E-state index in [2.05, 4.69) is 34.5 Å². The van der Waals surface area contributed by atoms with Gasteiger partial charge in [0, 0.05) is 12.5 Å². The van der Waals surface area contributed by atoms with Crippen LogP contribution in [0.3, 0.4) is 0 Å². The zero-order valence-corrected chi connectivity index (χ0v) is 16.5. The number of para-hydroxylation sites is 3. The van der Waals surface area contributed by atoms with Crippen LogP contribution in [0.2, 0.25) is 0 Å². The van der Waals surface area contributed by atoms with Crippen molar-refractivity contribution in [3.8, 4) is 11.5 Å². The summed E-state index contributed by atoms with van der Waals surface area (Å²) in [6.07, 6.45) is 1.75. The standard InChI is InChI=1S/C25H26N2O2/c28-25(21-15-17-27(18-16-21)19-20-9-3-1-4-10-20)26-23-13-7-8-14-24(23)29-22-11-5-2-6-12-22/h1-14,21H,15-19H2,(H,26,28). The largest absolute Gasteiger partial charge is 0.455 e. The predicted molar refractivity (Wildman–Crippen MR) is 116 cm³/mol. The summed E-state index contributed by atoms with van der Waals surface area (Å²) in [5, 5.41) is 3.08. The number of anilines is 1. The molecule has 1 fully saturated rings. The smallest absolute Gasteiger partial charge is 0.227 e. The number of ether oxygens (including phenoxy) is 1. The Kier molecular flexibility index (Phi) is 6.22. The summed E-state index contributed by atoms with van der Waals surface area (Å²) in [5.41, 5.74) is 2.04. The van der Waals surface area contributed by atoms with Gasteiger partial charge in [0.05, 0.1) is 5.69 Å². The molecule has 0 bridgehead atoms. The number of carbonyl (C=O) groups is 1. The van der Waals surface area contributed by atoms with Gasteiger partial charge in [-0.1, -0.05) is 60.7 Å². The van der Waals surface area contributed by atoms with Crippen LogP contribution in [-0.2, 0) is 11.3 Å². The van der Waals surface area contributed by atoms with E-state index in [1.807, 2.05) is 60.7 Å². The van der Waals surface area contributed by atoms with Crippen molar-refractivity contribution < 1.29 is 9.53 Å². The molecule has 0 unspecified atom stereocenters. The summed E-state index contributed by atoms with van der Waals surface area (Å²) in [4.78, 5) is 15.3. The lowest BCUT2D eigenvalue weighted by Crippen LogP contribution is -2.37. The first kappa shape index (κ1) is 19.2. The SMILES string of the molecule is O=C(Nc1ccccc1Oc1ccccc1)C1CCN(Cc2ccccc2)CC1. The fourth-order valence-electron chi connectivity index (χ4n) is 3.70. The molecule has 0 radical (unpaired) electrons. The summed E-state index contributed by atoms with van der Waals surface area (Å²) < 4.78 is 5.96. The van der Waals surface area contributed by atoms with E-state index < -0.39 is 0 Å². The Morgan fingerprint density at radius 2 is 1.48 bits per heavy atom. The zero-order chi connectivity index (χ0) is 19.9. The summed E-state index contributed by atoms with van der Waals surface area (Å²) in [5.74, 6) is 1.53. The molecule has 1 N–H and O–H groups in total. The Morgan fingerprint density at radius 1 is 0.862 bits per heavy atom. The summed E-state index contributed by atoms with van der Waals surface area (Å²) >= 11 is 0. The summed E-state index contributed by atoms with van der Waals surface area (Å²) in [6.45, 7) is 2.83. The van der Waals surface area contributed by atoms with E-state index in [9.17, 15) is 4.79 Å². The number of carbonyl (C=O) groups excluding carboxylic acids is 1. The highest BCUT2D eigenvalue weighted by atomic mass is 16.5. The highest BCUT2D eigenvalue weighted by Gasteiger charge is 2.25. The number of benzene rings is 3. The van der Waals surface area contributed by atoms with Crippen LogP contribution >= 0.6 is 0 Å². The van der Waals surface area contributed by atoms with Crippen molar-refractivity contribution in [3.05, 3.63) is 90.5 Å². The molecule has 4 nitrogen and oxygen atoms in total. The number of amides is 1. The van der Waals surface area contributed by atoms with Crippen LogP contribution in [0.15, 0.2) is 84.9 Å². The van der Waals surface area contributed by atoms with Crippen molar-refractivity contribution in [3.63, 3.8) is 0 Å². The highest BCUT2D eigenvalue weighted by molar-refractivity contribution is 5.94. The molecule has 4 heteroatoms. The lowest BCUT2D eigenvalue weighted by Gasteiger charge is -2.31. The molecule has 4 rings (SSSR count). The monoisotopic (exact) mass is 386 g/mol. The highest BCUT2D eigenvalue weighted by Crippen LogP contribution is 2.30.